The first-order chi connectivity index (χ1) is 9.65. The lowest BCUT2D eigenvalue weighted by Gasteiger charge is -2.06. The van der Waals surface area contributed by atoms with Gasteiger partial charge >= 0.3 is 0 Å². The zero-order chi connectivity index (χ0) is 14.4. The molecule has 3 nitrogen and oxygen atoms in total. The summed E-state index contributed by atoms with van der Waals surface area (Å²) in [4.78, 5) is 16.2. The normalized spacial score (nSPS) is 11.2. The predicted molar refractivity (Wildman–Crippen MR) is 88.2 cm³/mol. The molecule has 0 unspecified atom stereocenters. The first kappa shape index (κ1) is 15.3. The molecule has 108 valence electrons. The van der Waals surface area contributed by atoms with Crippen molar-refractivity contribution in [1.29, 1.82) is 0 Å². The van der Waals surface area contributed by atoms with E-state index in [0.29, 0.717) is 11.7 Å². The Balaban J connectivity index is 1.71. The standard InChI is InChI=1S/C15H20N2OS2/c1-11(2)7-8-16-14(18)9-19-10-15-17-12-5-3-4-6-13(12)20-15/h3-6,11H,7-10H2,1-2H3,(H,16,18). The van der Waals surface area contributed by atoms with Crippen LogP contribution < -0.4 is 5.32 Å². The summed E-state index contributed by atoms with van der Waals surface area (Å²) in [6.07, 6.45) is 1.04. The Morgan fingerprint density at radius 2 is 2.20 bits per heavy atom. The molecule has 0 saturated carbocycles. The largest absolute Gasteiger partial charge is 0.355 e. The zero-order valence-corrected chi connectivity index (χ0v) is 13.5. The fraction of sp³-hybridized carbons (Fsp3) is 0.467. The van der Waals surface area contributed by atoms with E-state index in [1.807, 2.05) is 18.2 Å². The summed E-state index contributed by atoms with van der Waals surface area (Å²) in [5, 5.41) is 4.04. The van der Waals surface area contributed by atoms with Crippen molar-refractivity contribution >= 4 is 39.2 Å². The average molecular weight is 308 g/mol. The number of hydrogen-bond donors (Lipinski definition) is 1. The number of amides is 1. The SMILES string of the molecule is CC(C)CCNC(=O)CSCc1nc2ccccc2s1. The topological polar surface area (TPSA) is 42.0 Å². The maximum Gasteiger partial charge on any atom is 0.230 e. The molecule has 2 rings (SSSR count). The molecule has 0 atom stereocenters. The van der Waals surface area contributed by atoms with Gasteiger partial charge in [0.2, 0.25) is 5.91 Å². The maximum atomic E-state index is 11.6. The van der Waals surface area contributed by atoms with Gasteiger partial charge in [-0.15, -0.1) is 23.1 Å². The quantitative estimate of drug-likeness (QED) is 0.848. The fourth-order valence-corrected chi connectivity index (χ4v) is 3.64. The second kappa shape index (κ2) is 7.64. The lowest BCUT2D eigenvalue weighted by molar-refractivity contribution is -0.118. The van der Waals surface area contributed by atoms with E-state index in [-0.39, 0.29) is 5.91 Å². The van der Waals surface area contributed by atoms with E-state index < -0.39 is 0 Å². The number of aromatic nitrogens is 1. The molecule has 0 fully saturated rings. The van der Waals surface area contributed by atoms with Crippen LogP contribution in [-0.2, 0) is 10.5 Å². The molecule has 0 bridgehead atoms. The third-order valence-electron chi connectivity index (χ3n) is 2.84. The smallest absolute Gasteiger partial charge is 0.230 e. The molecule has 1 heterocycles. The summed E-state index contributed by atoms with van der Waals surface area (Å²) in [6.45, 7) is 5.10. The summed E-state index contributed by atoms with van der Waals surface area (Å²) in [7, 11) is 0. The number of rotatable bonds is 7. The van der Waals surface area contributed by atoms with E-state index in [1.54, 1.807) is 23.1 Å². The van der Waals surface area contributed by atoms with Crippen LogP contribution in [-0.4, -0.2) is 23.2 Å². The molecule has 2 aromatic rings. The van der Waals surface area contributed by atoms with Gasteiger partial charge in [-0.05, 0) is 24.5 Å². The minimum atomic E-state index is 0.122. The van der Waals surface area contributed by atoms with E-state index in [2.05, 4.69) is 30.2 Å². The monoisotopic (exact) mass is 308 g/mol. The van der Waals surface area contributed by atoms with E-state index in [9.17, 15) is 4.79 Å². The van der Waals surface area contributed by atoms with Crippen LogP contribution >= 0.6 is 23.1 Å². The van der Waals surface area contributed by atoms with Crippen LogP contribution in [0.3, 0.4) is 0 Å². The highest BCUT2D eigenvalue weighted by atomic mass is 32.2. The van der Waals surface area contributed by atoms with Gasteiger partial charge in [0, 0.05) is 12.3 Å². The number of hydrogen-bond acceptors (Lipinski definition) is 4. The molecular weight excluding hydrogens is 288 g/mol. The van der Waals surface area contributed by atoms with Gasteiger partial charge in [-0.1, -0.05) is 26.0 Å². The Morgan fingerprint density at radius 1 is 1.40 bits per heavy atom. The van der Waals surface area contributed by atoms with E-state index in [1.165, 1.54) is 4.70 Å². The van der Waals surface area contributed by atoms with Crippen LogP contribution in [0.25, 0.3) is 10.2 Å². The summed E-state index contributed by atoms with van der Waals surface area (Å²) in [6, 6.07) is 8.14. The van der Waals surface area contributed by atoms with Gasteiger partial charge in [0.15, 0.2) is 0 Å². The van der Waals surface area contributed by atoms with E-state index in [4.69, 9.17) is 0 Å². The molecule has 1 N–H and O–H groups in total. The molecule has 0 spiro atoms. The second-order valence-electron chi connectivity index (χ2n) is 5.10. The van der Waals surface area contributed by atoms with E-state index >= 15 is 0 Å². The molecule has 1 aromatic carbocycles. The first-order valence-corrected chi connectivity index (χ1v) is 8.81. The third-order valence-corrected chi connectivity index (χ3v) is 5.00. The van der Waals surface area contributed by atoms with Gasteiger partial charge in [-0.2, -0.15) is 0 Å². The van der Waals surface area contributed by atoms with Crippen LogP contribution in [0.5, 0.6) is 0 Å². The Hall–Kier alpha value is -1.07. The number of nitrogens with zero attached hydrogens (tertiary/aromatic N) is 1. The van der Waals surface area contributed by atoms with Crippen LogP contribution in [0, 0.1) is 5.92 Å². The molecule has 1 amide bonds. The van der Waals surface area contributed by atoms with Crippen molar-refractivity contribution in [2.45, 2.75) is 26.0 Å². The highest BCUT2D eigenvalue weighted by molar-refractivity contribution is 7.99. The second-order valence-corrected chi connectivity index (χ2v) is 7.20. The highest BCUT2D eigenvalue weighted by Crippen LogP contribution is 2.24. The first-order valence-electron chi connectivity index (χ1n) is 6.84. The van der Waals surface area contributed by atoms with E-state index in [0.717, 1.165) is 29.2 Å². The highest BCUT2D eigenvalue weighted by Gasteiger charge is 2.06. The summed E-state index contributed by atoms with van der Waals surface area (Å²) in [5.41, 5.74) is 1.05. The Bertz CT molecular complexity index is 533. The van der Waals surface area contributed by atoms with Crippen molar-refractivity contribution < 1.29 is 4.79 Å². The number of para-hydroxylation sites is 1. The zero-order valence-electron chi connectivity index (χ0n) is 11.9. The molecule has 1 aromatic heterocycles. The lowest BCUT2D eigenvalue weighted by atomic mass is 10.1. The molecule has 20 heavy (non-hydrogen) atoms. The number of benzene rings is 1. The predicted octanol–water partition coefficient (Wildman–Crippen LogP) is 3.69. The van der Waals surface area contributed by atoms with Crippen molar-refractivity contribution in [2.75, 3.05) is 12.3 Å². The van der Waals surface area contributed by atoms with Crippen molar-refractivity contribution in [3.8, 4) is 0 Å². The van der Waals surface area contributed by atoms with Crippen LogP contribution in [0.2, 0.25) is 0 Å². The number of carbonyl (C=O) groups is 1. The third kappa shape index (κ3) is 4.80. The van der Waals surface area contributed by atoms with Crippen LogP contribution in [0.15, 0.2) is 24.3 Å². The van der Waals surface area contributed by atoms with Crippen molar-refractivity contribution in [2.24, 2.45) is 5.92 Å². The number of fused-ring (bicyclic) bond motifs is 1. The number of thiazole rings is 1. The Morgan fingerprint density at radius 3 is 2.95 bits per heavy atom. The number of thioether (sulfide) groups is 1. The minimum absolute atomic E-state index is 0.122. The molecule has 0 radical (unpaired) electrons. The number of nitrogens with one attached hydrogen (secondary N) is 1. The van der Waals surface area contributed by atoms with Crippen molar-refractivity contribution in [3.63, 3.8) is 0 Å². The average Bonchev–Trinajstić information content (AvgIpc) is 2.80. The number of carbonyl (C=O) groups excluding carboxylic acids is 1. The van der Waals surface area contributed by atoms with Gasteiger partial charge < -0.3 is 5.32 Å². The van der Waals surface area contributed by atoms with Gasteiger partial charge in [-0.3, -0.25) is 4.79 Å². The van der Waals surface area contributed by atoms with Gasteiger partial charge in [0.25, 0.3) is 0 Å². The van der Waals surface area contributed by atoms with Crippen molar-refractivity contribution in [3.05, 3.63) is 29.3 Å². The molecule has 0 saturated heterocycles. The molecule has 5 heteroatoms. The Labute approximate surface area is 128 Å². The van der Waals surface area contributed by atoms with Crippen molar-refractivity contribution in [1.82, 2.24) is 10.3 Å². The Kier molecular flexibility index (Phi) is 5.86. The minimum Gasteiger partial charge on any atom is -0.355 e. The van der Waals surface area contributed by atoms with Crippen LogP contribution in [0.1, 0.15) is 25.3 Å². The molecule has 0 aliphatic carbocycles. The fourth-order valence-electron chi connectivity index (χ4n) is 1.76. The summed E-state index contributed by atoms with van der Waals surface area (Å²) < 4.78 is 1.21. The molecule has 0 aliphatic heterocycles. The summed E-state index contributed by atoms with van der Waals surface area (Å²) in [5.74, 6) is 2.06. The lowest BCUT2D eigenvalue weighted by Crippen LogP contribution is -2.26. The maximum absolute atomic E-state index is 11.6. The summed E-state index contributed by atoms with van der Waals surface area (Å²) >= 11 is 3.33. The van der Waals surface area contributed by atoms with Gasteiger partial charge in [0.1, 0.15) is 5.01 Å². The van der Waals surface area contributed by atoms with Crippen LogP contribution in [0.4, 0.5) is 0 Å². The molecule has 0 aliphatic rings. The van der Waals surface area contributed by atoms with Gasteiger partial charge in [-0.25, -0.2) is 4.98 Å². The molecular formula is C15H20N2OS2. The van der Waals surface area contributed by atoms with Gasteiger partial charge in [0.05, 0.1) is 16.0 Å².